The molecular weight excluding hydrogens is 539 g/mol. The third-order valence-corrected chi connectivity index (χ3v) is 7.92. The molecule has 1 unspecified atom stereocenters. The van der Waals surface area contributed by atoms with E-state index in [9.17, 15) is 19.0 Å². The highest BCUT2D eigenvalue weighted by Crippen LogP contribution is 2.42. The molecule has 0 saturated heterocycles. The molecule has 8 nitrogen and oxygen atoms in total. The number of unbranched alkanes of at least 4 members (excludes halogenated alkanes) is 1. The van der Waals surface area contributed by atoms with E-state index >= 15 is 0 Å². The summed E-state index contributed by atoms with van der Waals surface area (Å²) in [7, 11) is -4.18. The fraction of sp³-hybridized carbons (Fsp3) is 0.625. The van der Waals surface area contributed by atoms with Gasteiger partial charge in [-0.3, -0.25) is 9.36 Å². The van der Waals surface area contributed by atoms with E-state index in [-0.39, 0.29) is 6.61 Å². The lowest BCUT2D eigenvalue weighted by atomic mass is 10.0. The zero-order valence-corrected chi connectivity index (χ0v) is 27.1. The van der Waals surface area contributed by atoms with Crippen LogP contribution in [0.2, 0.25) is 0 Å². The number of Topliss-reactive ketones (excluding diaryl/α,β-unsaturated/α-hetero) is 1. The highest BCUT2D eigenvalue weighted by atomic mass is 31.2. The van der Waals surface area contributed by atoms with Gasteiger partial charge in [0.15, 0.2) is 5.66 Å². The Kier molecular flexibility index (Phi) is 19.7. The molecule has 0 saturated carbocycles. The minimum absolute atomic E-state index is 0.0135. The van der Waals surface area contributed by atoms with Crippen LogP contribution in [0.3, 0.4) is 0 Å². The average molecular weight is 595 g/mol. The van der Waals surface area contributed by atoms with Crippen LogP contribution in [0.5, 0.6) is 0 Å². The summed E-state index contributed by atoms with van der Waals surface area (Å²) < 4.78 is 17.1. The van der Waals surface area contributed by atoms with Gasteiger partial charge < -0.3 is 26.0 Å². The molecule has 0 aromatic heterocycles. The minimum atomic E-state index is -4.18. The van der Waals surface area contributed by atoms with Gasteiger partial charge in [0.05, 0.1) is 6.61 Å². The Morgan fingerprint density at radius 1 is 0.732 bits per heavy atom. The molecule has 0 bridgehead atoms. The summed E-state index contributed by atoms with van der Waals surface area (Å²) in [6.07, 6.45) is 19.7. The van der Waals surface area contributed by atoms with E-state index in [4.69, 9.17) is 21.1 Å². The molecule has 0 aliphatic heterocycles. The van der Waals surface area contributed by atoms with Crippen LogP contribution in [0.4, 0.5) is 0 Å². The van der Waals surface area contributed by atoms with Gasteiger partial charge in [-0.05, 0) is 106 Å². The predicted octanol–water partition coefficient (Wildman–Crippen LogP) is 7.50. The SMILES string of the molecule is CC(C)=CCC/C(C)=C/CC/C(C)=C/CC/C=C(\C)CC/C=C(\C)CCCOP(=O)(O)CC(=O)CC(N)(N)C(=O)O. The molecule has 0 spiro atoms. The minimum Gasteiger partial charge on any atom is -0.479 e. The maximum absolute atomic E-state index is 12.1. The monoisotopic (exact) mass is 594 g/mol. The van der Waals surface area contributed by atoms with Gasteiger partial charge >= 0.3 is 13.6 Å². The lowest BCUT2D eigenvalue weighted by Crippen LogP contribution is -2.57. The van der Waals surface area contributed by atoms with Gasteiger partial charge in [0.25, 0.3) is 0 Å². The fourth-order valence-electron chi connectivity index (χ4n) is 4.03. The topological polar surface area (TPSA) is 153 Å². The number of allylic oxidation sites excluding steroid dienone is 10. The van der Waals surface area contributed by atoms with E-state index in [1.807, 2.05) is 6.92 Å². The largest absolute Gasteiger partial charge is 0.479 e. The molecule has 0 aromatic carbocycles. The highest BCUT2D eigenvalue weighted by molar-refractivity contribution is 7.53. The Morgan fingerprint density at radius 3 is 1.59 bits per heavy atom. The second kappa shape index (κ2) is 20.7. The van der Waals surface area contributed by atoms with Gasteiger partial charge in [-0.15, -0.1) is 0 Å². The Morgan fingerprint density at radius 2 is 1.15 bits per heavy atom. The molecule has 0 amide bonds. The normalized spacial score (nSPS) is 15.0. The number of rotatable bonds is 22. The molecule has 234 valence electrons. The number of nitrogens with two attached hydrogens (primary N) is 2. The molecule has 0 aliphatic carbocycles. The van der Waals surface area contributed by atoms with Gasteiger partial charge in [-0.25, -0.2) is 4.79 Å². The number of carbonyl (C=O) groups is 2. The molecule has 9 heteroatoms. The fourth-order valence-corrected chi connectivity index (χ4v) is 5.10. The summed E-state index contributed by atoms with van der Waals surface area (Å²) in [5.41, 5.74) is 15.2. The van der Waals surface area contributed by atoms with Crippen molar-refractivity contribution in [1.29, 1.82) is 0 Å². The number of aliphatic carboxylic acids is 1. The van der Waals surface area contributed by atoms with Crippen LogP contribution in [0.25, 0.3) is 0 Å². The maximum Gasteiger partial charge on any atom is 0.338 e. The molecular formula is C32H55N2O6P. The predicted molar refractivity (Wildman–Crippen MR) is 170 cm³/mol. The summed E-state index contributed by atoms with van der Waals surface area (Å²) in [5, 5.41) is 8.86. The van der Waals surface area contributed by atoms with Gasteiger partial charge in [-0.1, -0.05) is 58.2 Å². The van der Waals surface area contributed by atoms with Crippen LogP contribution in [0, 0.1) is 0 Å². The zero-order valence-electron chi connectivity index (χ0n) is 26.2. The molecule has 1 atom stereocenters. The Labute approximate surface area is 248 Å². The second-order valence-electron chi connectivity index (χ2n) is 11.5. The molecule has 6 N–H and O–H groups in total. The van der Waals surface area contributed by atoms with Crippen molar-refractivity contribution in [3.63, 3.8) is 0 Å². The van der Waals surface area contributed by atoms with Crippen molar-refractivity contribution in [2.75, 3.05) is 12.8 Å². The van der Waals surface area contributed by atoms with E-state index in [0.29, 0.717) is 12.8 Å². The first kappa shape index (κ1) is 38.9. The molecule has 0 rings (SSSR count). The summed E-state index contributed by atoms with van der Waals surface area (Å²) in [6, 6.07) is 0. The third-order valence-electron chi connectivity index (χ3n) is 6.58. The van der Waals surface area contributed by atoms with E-state index in [2.05, 4.69) is 65.0 Å². The zero-order chi connectivity index (χ0) is 31.5. The van der Waals surface area contributed by atoms with Crippen molar-refractivity contribution in [1.82, 2.24) is 0 Å². The molecule has 0 heterocycles. The summed E-state index contributed by atoms with van der Waals surface area (Å²) >= 11 is 0. The van der Waals surface area contributed by atoms with Crippen molar-refractivity contribution in [2.45, 2.75) is 118 Å². The van der Waals surface area contributed by atoms with Crippen LogP contribution >= 0.6 is 7.60 Å². The van der Waals surface area contributed by atoms with Crippen LogP contribution in [-0.2, 0) is 18.7 Å². The highest BCUT2D eigenvalue weighted by Gasteiger charge is 2.34. The van der Waals surface area contributed by atoms with Crippen molar-refractivity contribution < 1.29 is 28.7 Å². The summed E-state index contributed by atoms with van der Waals surface area (Å²) in [5.74, 6) is -2.40. The lowest BCUT2D eigenvalue weighted by molar-refractivity contribution is -0.145. The first-order valence-electron chi connectivity index (χ1n) is 14.6. The number of carbonyl (C=O) groups excluding carboxylic acids is 1. The second-order valence-corrected chi connectivity index (χ2v) is 13.3. The summed E-state index contributed by atoms with van der Waals surface area (Å²) in [4.78, 5) is 32.6. The molecule has 0 aromatic rings. The van der Waals surface area contributed by atoms with Crippen LogP contribution in [0.15, 0.2) is 58.2 Å². The van der Waals surface area contributed by atoms with Gasteiger partial charge in [-0.2, -0.15) is 0 Å². The van der Waals surface area contributed by atoms with Crippen molar-refractivity contribution in [2.24, 2.45) is 11.5 Å². The smallest absolute Gasteiger partial charge is 0.338 e. The molecule has 0 aliphatic rings. The average Bonchev–Trinajstić information content (AvgIpc) is 2.83. The molecule has 41 heavy (non-hydrogen) atoms. The van der Waals surface area contributed by atoms with Crippen molar-refractivity contribution in [3.8, 4) is 0 Å². The van der Waals surface area contributed by atoms with Crippen molar-refractivity contribution >= 4 is 19.3 Å². The maximum atomic E-state index is 12.1. The Hall–Kier alpha value is -2.09. The molecule has 0 fully saturated rings. The quantitative estimate of drug-likeness (QED) is 0.0435. The number of hydrogen-bond acceptors (Lipinski definition) is 6. The first-order valence-corrected chi connectivity index (χ1v) is 16.4. The van der Waals surface area contributed by atoms with E-state index in [1.165, 1.54) is 27.9 Å². The first-order chi connectivity index (χ1) is 19.0. The lowest BCUT2D eigenvalue weighted by Gasteiger charge is -2.19. The van der Waals surface area contributed by atoms with E-state index < -0.39 is 37.6 Å². The Balaban J connectivity index is 4.22. The Bertz CT molecular complexity index is 1030. The van der Waals surface area contributed by atoms with E-state index in [0.717, 1.165) is 51.4 Å². The third kappa shape index (κ3) is 22.2. The number of ketones is 1. The number of carboxylic acids is 1. The van der Waals surface area contributed by atoms with Gasteiger partial charge in [0.1, 0.15) is 11.9 Å². The van der Waals surface area contributed by atoms with Crippen LogP contribution < -0.4 is 11.5 Å². The van der Waals surface area contributed by atoms with Gasteiger partial charge in [0, 0.05) is 6.42 Å². The molecule has 0 radical (unpaired) electrons. The van der Waals surface area contributed by atoms with Gasteiger partial charge in [0.2, 0.25) is 0 Å². The standard InChI is InChI=1S/C32H55N2O6P/c1-25(2)13-9-16-28(5)19-10-17-26(3)14-7-8-15-27(4)18-11-20-29(6)21-12-22-40-41(38,39)24-30(35)23-32(33,34)31(36)37/h13-15,19-20H,7-12,16-18,21-24,33-34H2,1-6H3,(H,36,37)(H,38,39)/b26-14+,27-15+,28-19+,29-20+. The van der Waals surface area contributed by atoms with Crippen LogP contribution in [0.1, 0.15) is 112 Å². The summed E-state index contributed by atoms with van der Waals surface area (Å²) in [6.45, 7) is 12.9. The van der Waals surface area contributed by atoms with Crippen LogP contribution in [-0.4, -0.2) is 40.2 Å². The number of carboxylic acid groups (broad SMARTS) is 1. The van der Waals surface area contributed by atoms with E-state index in [1.54, 1.807) is 0 Å². The number of hydrogen-bond donors (Lipinski definition) is 4. The van der Waals surface area contributed by atoms with Crippen molar-refractivity contribution in [3.05, 3.63) is 58.2 Å².